The Balaban J connectivity index is 3.25. The van der Waals surface area contributed by atoms with E-state index in [1.165, 1.54) is 11.8 Å². The van der Waals surface area contributed by atoms with Crippen LogP contribution in [0.4, 0.5) is 0 Å². The van der Waals surface area contributed by atoms with Gasteiger partial charge in [-0.2, -0.15) is 5.10 Å². The van der Waals surface area contributed by atoms with Crippen molar-refractivity contribution >= 4 is 34.5 Å². The lowest BCUT2D eigenvalue weighted by atomic mass is 10.4. The summed E-state index contributed by atoms with van der Waals surface area (Å²) in [5, 5.41) is 3.89. The Bertz CT molecular complexity index is 123. The van der Waals surface area contributed by atoms with Crippen LogP contribution in [0.5, 0.6) is 0 Å². The van der Waals surface area contributed by atoms with E-state index in [1.54, 1.807) is 0 Å². The summed E-state index contributed by atoms with van der Waals surface area (Å²) in [6.07, 6.45) is 5.88. The van der Waals surface area contributed by atoms with E-state index in [4.69, 9.17) is 12.2 Å². The van der Waals surface area contributed by atoms with Crippen LogP contribution in [0.25, 0.3) is 0 Å². The third-order valence-corrected chi connectivity index (χ3v) is 1.90. The monoisotopic (exact) mass is 176 g/mol. The van der Waals surface area contributed by atoms with Gasteiger partial charge in [-0.1, -0.05) is 37.3 Å². The lowest BCUT2D eigenvalue weighted by molar-refractivity contribution is 0.980. The maximum atomic E-state index is 4.84. The number of hydrogen-bond donors (Lipinski definition) is 1. The molecule has 0 aliphatic carbocycles. The Morgan fingerprint density at radius 2 is 2.50 bits per heavy atom. The Morgan fingerprint density at radius 3 is 3.00 bits per heavy atom. The predicted octanol–water partition coefficient (Wildman–Crippen LogP) is 2.01. The van der Waals surface area contributed by atoms with Gasteiger partial charge in [-0.3, -0.25) is 5.43 Å². The number of thiocarbonyl (C=S) groups is 1. The van der Waals surface area contributed by atoms with Crippen LogP contribution < -0.4 is 5.43 Å². The SMILES string of the molecule is CCCC=NNC(=S)SC. The van der Waals surface area contributed by atoms with Crippen LogP contribution in [-0.4, -0.2) is 16.8 Å². The first kappa shape index (κ1) is 9.91. The maximum Gasteiger partial charge on any atom is 0.153 e. The normalized spacial score (nSPS) is 10.2. The highest BCUT2D eigenvalue weighted by Crippen LogP contribution is 1.92. The molecule has 0 spiro atoms. The molecule has 0 saturated heterocycles. The minimum Gasteiger partial charge on any atom is -0.263 e. The summed E-state index contributed by atoms with van der Waals surface area (Å²) in [7, 11) is 0. The number of nitrogens with one attached hydrogen (secondary N) is 1. The molecule has 0 amide bonds. The van der Waals surface area contributed by atoms with Gasteiger partial charge in [0.25, 0.3) is 0 Å². The Labute approximate surface area is 71.5 Å². The minimum atomic E-state index is 0.715. The van der Waals surface area contributed by atoms with Gasteiger partial charge < -0.3 is 0 Å². The van der Waals surface area contributed by atoms with E-state index in [0.29, 0.717) is 4.32 Å². The van der Waals surface area contributed by atoms with Crippen molar-refractivity contribution in [1.82, 2.24) is 5.43 Å². The van der Waals surface area contributed by atoms with Crippen LogP contribution in [0.15, 0.2) is 5.10 Å². The summed E-state index contributed by atoms with van der Waals surface area (Å²) in [6.45, 7) is 2.11. The van der Waals surface area contributed by atoms with Crippen molar-refractivity contribution in [3.05, 3.63) is 0 Å². The predicted molar refractivity (Wildman–Crippen MR) is 52.6 cm³/mol. The molecule has 0 unspecified atom stereocenters. The first-order chi connectivity index (χ1) is 4.81. The van der Waals surface area contributed by atoms with Gasteiger partial charge >= 0.3 is 0 Å². The molecule has 0 aromatic rings. The third-order valence-electron chi connectivity index (χ3n) is 0.850. The smallest absolute Gasteiger partial charge is 0.153 e. The van der Waals surface area contributed by atoms with Gasteiger partial charge in [0.05, 0.1) is 0 Å². The highest BCUT2D eigenvalue weighted by molar-refractivity contribution is 8.22. The summed E-state index contributed by atoms with van der Waals surface area (Å²) in [6, 6.07) is 0. The highest BCUT2D eigenvalue weighted by atomic mass is 32.2. The molecule has 0 saturated carbocycles. The van der Waals surface area contributed by atoms with E-state index in [9.17, 15) is 0 Å². The molecule has 0 aliphatic heterocycles. The van der Waals surface area contributed by atoms with Crippen molar-refractivity contribution in [3.63, 3.8) is 0 Å². The fourth-order valence-electron chi connectivity index (χ4n) is 0.338. The highest BCUT2D eigenvalue weighted by Gasteiger charge is 1.84. The number of thioether (sulfide) groups is 1. The number of nitrogens with zero attached hydrogens (tertiary/aromatic N) is 1. The molecular weight excluding hydrogens is 164 g/mol. The molecule has 0 atom stereocenters. The Kier molecular flexibility index (Phi) is 6.96. The van der Waals surface area contributed by atoms with Crippen molar-refractivity contribution in [2.45, 2.75) is 19.8 Å². The van der Waals surface area contributed by atoms with Crippen molar-refractivity contribution in [1.29, 1.82) is 0 Å². The molecule has 0 heterocycles. The van der Waals surface area contributed by atoms with Gasteiger partial charge in [0.2, 0.25) is 0 Å². The summed E-state index contributed by atoms with van der Waals surface area (Å²) in [4.78, 5) is 0. The van der Waals surface area contributed by atoms with E-state index in [0.717, 1.165) is 12.8 Å². The zero-order chi connectivity index (χ0) is 7.82. The molecule has 0 fully saturated rings. The second-order valence-electron chi connectivity index (χ2n) is 1.70. The fraction of sp³-hybridized carbons (Fsp3) is 0.667. The van der Waals surface area contributed by atoms with Crippen LogP contribution >= 0.6 is 24.0 Å². The summed E-state index contributed by atoms with van der Waals surface area (Å²) < 4.78 is 0.715. The number of rotatable bonds is 3. The van der Waals surface area contributed by atoms with Gasteiger partial charge in [-0.15, -0.1) is 0 Å². The quantitative estimate of drug-likeness (QED) is 0.404. The zero-order valence-electron chi connectivity index (χ0n) is 6.26. The molecular formula is C6H12N2S2. The average molecular weight is 176 g/mol. The van der Waals surface area contributed by atoms with E-state index in [1.807, 2.05) is 12.5 Å². The van der Waals surface area contributed by atoms with Gasteiger partial charge in [0.15, 0.2) is 4.32 Å². The third kappa shape index (κ3) is 6.04. The van der Waals surface area contributed by atoms with Gasteiger partial charge in [-0.05, 0) is 12.7 Å². The maximum absolute atomic E-state index is 4.84. The molecule has 0 radical (unpaired) electrons. The lowest BCUT2D eigenvalue weighted by Crippen LogP contribution is -2.09. The summed E-state index contributed by atoms with van der Waals surface area (Å²) >= 11 is 6.33. The molecule has 0 bridgehead atoms. The topological polar surface area (TPSA) is 24.4 Å². The second-order valence-corrected chi connectivity index (χ2v) is 3.19. The molecule has 0 aliphatic rings. The molecule has 0 aromatic carbocycles. The zero-order valence-corrected chi connectivity index (χ0v) is 7.89. The Hall–Kier alpha value is -0.0900. The van der Waals surface area contributed by atoms with E-state index in [-0.39, 0.29) is 0 Å². The van der Waals surface area contributed by atoms with Crippen LogP contribution in [-0.2, 0) is 0 Å². The Morgan fingerprint density at radius 1 is 1.80 bits per heavy atom. The number of hydrazone groups is 1. The molecule has 0 aromatic heterocycles. The van der Waals surface area contributed by atoms with Crippen LogP contribution in [0.2, 0.25) is 0 Å². The van der Waals surface area contributed by atoms with Crippen LogP contribution in [0.3, 0.4) is 0 Å². The summed E-state index contributed by atoms with van der Waals surface area (Å²) in [5.41, 5.74) is 2.73. The van der Waals surface area contributed by atoms with Crippen molar-refractivity contribution in [2.75, 3.05) is 6.26 Å². The molecule has 58 valence electrons. The van der Waals surface area contributed by atoms with Gasteiger partial charge in [0.1, 0.15) is 0 Å². The van der Waals surface area contributed by atoms with Gasteiger partial charge in [-0.25, -0.2) is 0 Å². The van der Waals surface area contributed by atoms with E-state index in [2.05, 4.69) is 17.5 Å². The first-order valence-corrected chi connectivity index (χ1v) is 4.80. The lowest BCUT2D eigenvalue weighted by Gasteiger charge is -1.94. The fourth-order valence-corrected chi connectivity index (χ4v) is 0.534. The van der Waals surface area contributed by atoms with E-state index < -0.39 is 0 Å². The standard InChI is InChI=1S/C6H12N2S2/c1-3-4-5-7-8-6(9)10-2/h5H,3-4H2,1-2H3,(H,8,9). The van der Waals surface area contributed by atoms with Crippen LogP contribution in [0, 0.1) is 0 Å². The summed E-state index contributed by atoms with van der Waals surface area (Å²) in [5.74, 6) is 0. The largest absolute Gasteiger partial charge is 0.263 e. The molecule has 0 rings (SSSR count). The first-order valence-electron chi connectivity index (χ1n) is 3.16. The second kappa shape index (κ2) is 7.02. The molecule has 1 N–H and O–H groups in total. The van der Waals surface area contributed by atoms with Crippen molar-refractivity contribution in [3.8, 4) is 0 Å². The molecule has 2 nitrogen and oxygen atoms in total. The van der Waals surface area contributed by atoms with Gasteiger partial charge in [0, 0.05) is 6.21 Å². The average Bonchev–Trinajstić information content (AvgIpc) is 1.98. The minimum absolute atomic E-state index is 0.715. The number of unbranched alkanes of at least 4 members (excludes halogenated alkanes) is 1. The van der Waals surface area contributed by atoms with Crippen LogP contribution in [0.1, 0.15) is 19.8 Å². The van der Waals surface area contributed by atoms with E-state index >= 15 is 0 Å². The van der Waals surface area contributed by atoms with Crippen molar-refractivity contribution in [2.24, 2.45) is 5.10 Å². The van der Waals surface area contributed by atoms with Crippen molar-refractivity contribution < 1.29 is 0 Å². The number of hydrogen-bond acceptors (Lipinski definition) is 3. The molecule has 4 heteroatoms. The molecule has 10 heavy (non-hydrogen) atoms.